The fourth-order valence-electron chi connectivity index (χ4n) is 2.70. The molecule has 11 heteroatoms. The van der Waals surface area contributed by atoms with E-state index < -0.39 is 22.2 Å². The third-order valence-corrected chi connectivity index (χ3v) is 6.30. The van der Waals surface area contributed by atoms with Gasteiger partial charge in [0.25, 0.3) is 10.2 Å². The first-order valence-electron chi connectivity index (χ1n) is 8.52. The van der Waals surface area contributed by atoms with Crippen molar-refractivity contribution >= 4 is 28.1 Å². The van der Waals surface area contributed by atoms with E-state index in [1.54, 1.807) is 6.92 Å². The van der Waals surface area contributed by atoms with Crippen LogP contribution in [0.3, 0.4) is 0 Å². The average Bonchev–Trinajstić information content (AvgIpc) is 2.58. The minimum absolute atomic E-state index is 0.00543. The summed E-state index contributed by atoms with van der Waals surface area (Å²) in [5, 5.41) is 11.7. The zero-order chi connectivity index (χ0) is 19.9. The molecule has 0 aromatic heterocycles. The molecule has 0 bridgehead atoms. The summed E-state index contributed by atoms with van der Waals surface area (Å²) in [4.78, 5) is 34.1. The van der Waals surface area contributed by atoms with Crippen LogP contribution in [0.25, 0.3) is 0 Å². The van der Waals surface area contributed by atoms with Gasteiger partial charge in [-0.3, -0.25) is 14.4 Å². The van der Waals surface area contributed by atoms with E-state index in [9.17, 15) is 27.9 Å². The third-order valence-electron chi connectivity index (χ3n) is 4.19. The zero-order valence-corrected chi connectivity index (χ0v) is 16.1. The lowest BCUT2D eigenvalue weighted by Gasteiger charge is -2.35. The molecule has 0 aliphatic carbocycles. The third kappa shape index (κ3) is 5.92. The molecule has 2 N–H and O–H groups in total. The van der Waals surface area contributed by atoms with Crippen LogP contribution in [0, 0.1) is 5.92 Å². The van der Waals surface area contributed by atoms with E-state index in [0.717, 1.165) is 4.31 Å². The van der Waals surface area contributed by atoms with Crippen molar-refractivity contribution in [2.24, 2.45) is 5.92 Å². The molecule has 1 unspecified atom stereocenters. The second-order valence-corrected chi connectivity index (χ2v) is 7.92. The van der Waals surface area contributed by atoms with E-state index >= 15 is 0 Å². The van der Waals surface area contributed by atoms with Crippen molar-refractivity contribution in [3.8, 4) is 0 Å². The van der Waals surface area contributed by atoms with Gasteiger partial charge in [0.05, 0.1) is 12.5 Å². The second kappa shape index (κ2) is 9.83. The number of piperidine rings is 1. The minimum Gasteiger partial charge on any atom is -0.480 e. The summed E-state index contributed by atoms with van der Waals surface area (Å²) >= 11 is 0. The summed E-state index contributed by atoms with van der Waals surface area (Å²) in [6.45, 7) is 4.60. The Labute approximate surface area is 153 Å². The molecule has 1 aliphatic heterocycles. The SMILES string of the molecule is CCOC(=O)C1CCN(S(=O)(=O)N(CCNC(C)=O)C(C)C(=O)O)CC1. The molecule has 0 aromatic rings. The molecular weight excluding hydrogens is 366 g/mol. The predicted molar refractivity (Wildman–Crippen MR) is 92.3 cm³/mol. The van der Waals surface area contributed by atoms with Crippen LogP contribution in [0.5, 0.6) is 0 Å². The summed E-state index contributed by atoms with van der Waals surface area (Å²) in [7, 11) is -4.05. The smallest absolute Gasteiger partial charge is 0.321 e. The van der Waals surface area contributed by atoms with Crippen molar-refractivity contribution in [3.63, 3.8) is 0 Å². The van der Waals surface area contributed by atoms with E-state index in [1.807, 2.05) is 0 Å². The van der Waals surface area contributed by atoms with Crippen molar-refractivity contribution in [2.45, 2.75) is 39.7 Å². The number of hydrogen-bond acceptors (Lipinski definition) is 6. The Bertz CT molecular complexity index is 615. The van der Waals surface area contributed by atoms with Crippen LogP contribution in [0.1, 0.15) is 33.6 Å². The second-order valence-electron chi connectivity index (χ2n) is 6.04. The van der Waals surface area contributed by atoms with Crippen LogP contribution < -0.4 is 5.32 Å². The highest BCUT2D eigenvalue weighted by atomic mass is 32.2. The van der Waals surface area contributed by atoms with Gasteiger partial charge >= 0.3 is 11.9 Å². The van der Waals surface area contributed by atoms with E-state index in [4.69, 9.17) is 4.74 Å². The maximum atomic E-state index is 12.9. The first kappa shape index (κ1) is 22.3. The molecule has 1 fully saturated rings. The van der Waals surface area contributed by atoms with Gasteiger partial charge in [0.15, 0.2) is 0 Å². The lowest BCUT2D eigenvalue weighted by Crippen LogP contribution is -2.54. The van der Waals surface area contributed by atoms with E-state index in [1.165, 1.54) is 18.2 Å². The van der Waals surface area contributed by atoms with Crippen LogP contribution in [0.2, 0.25) is 0 Å². The highest BCUT2D eigenvalue weighted by Crippen LogP contribution is 2.23. The molecule has 1 heterocycles. The largest absolute Gasteiger partial charge is 0.480 e. The summed E-state index contributed by atoms with van der Waals surface area (Å²) in [6.07, 6.45) is 0.637. The molecular formula is C15H27N3O7S. The fourth-order valence-corrected chi connectivity index (χ4v) is 4.49. The molecule has 1 saturated heterocycles. The Morgan fingerprint density at radius 2 is 1.88 bits per heavy atom. The summed E-state index contributed by atoms with van der Waals surface area (Å²) in [6, 6.07) is -1.28. The highest BCUT2D eigenvalue weighted by molar-refractivity contribution is 7.86. The number of carboxylic acid groups (broad SMARTS) is 1. The molecule has 10 nitrogen and oxygen atoms in total. The Morgan fingerprint density at radius 3 is 2.35 bits per heavy atom. The van der Waals surface area contributed by atoms with Gasteiger partial charge in [-0.25, -0.2) is 0 Å². The minimum atomic E-state index is -4.05. The molecule has 0 saturated carbocycles. The van der Waals surface area contributed by atoms with E-state index in [2.05, 4.69) is 5.32 Å². The van der Waals surface area contributed by atoms with Gasteiger partial charge in [-0.05, 0) is 26.7 Å². The fraction of sp³-hybridized carbons (Fsp3) is 0.800. The Hall–Kier alpha value is -1.72. The lowest BCUT2D eigenvalue weighted by atomic mass is 9.98. The van der Waals surface area contributed by atoms with Crippen molar-refractivity contribution in [2.75, 3.05) is 32.8 Å². The van der Waals surface area contributed by atoms with Crippen molar-refractivity contribution in [1.82, 2.24) is 13.9 Å². The van der Waals surface area contributed by atoms with Crippen molar-refractivity contribution in [1.29, 1.82) is 0 Å². The molecule has 26 heavy (non-hydrogen) atoms. The lowest BCUT2D eigenvalue weighted by molar-refractivity contribution is -0.149. The number of carbonyl (C=O) groups excluding carboxylic acids is 2. The number of amides is 1. The number of esters is 1. The number of hydrogen-bond donors (Lipinski definition) is 2. The van der Waals surface area contributed by atoms with Gasteiger partial charge in [-0.1, -0.05) is 0 Å². The number of carbonyl (C=O) groups is 3. The molecule has 1 aliphatic rings. The van der Waals surface area contributed by atoms with E-state index in [0.29, 0.717) is 12.8 Å². The average molecular weight is 393 g/mol. The van der Waals surface area contributed by atoms with Gasteiger partial charge in [-0.2, -0.15) is 17.0 Å². The quantitative estimate of drug-likeness (QED) is 0.501. The summed E-state index contributed by atoms with van der Waals surface area (Å²) < 4.78 is 32.7. The first-order chi connectivity index (χ1) is 12.1. The standard InChI is InChI=1S/C15H27N3O7S/c1-4-25-15(22)13-5-8-17(9-6-13)26(23,24)18(11(2)14(20)21)10-7-16-12(3)19/h11,13H,4-10H2,1-3H3,(H,16,19)(H,20,21). The number of rotatable bonds is 9. The molecule has 150 valence electrons. The Balaban J connectivity index is 2.83. The molecule has 1 amide bonds. The zero-order valence-electron chi connectivity index (χ0n) is 15.3. The number of ether oxygens (including phenoxy) is 1. The van der Waals surface area contributed by atoms with Crippen molar-refractivity contribution in [3.05, 3.63) is 0 Å². The number of carboxylic acids is 1. The van der Waals surface area contributed by atoms with Gasteiger partial charge in [0, 0.05) is 33.1 Å². The van der Waals surface area contributed by atoms with Crippen LogP contribution in [0.15, 0.2) is 0 Å². The van der Waals surface area contributed by atoms with Crippen LogP contribution in [0.4, 0.5) is 0 Å². The number of nitrogens with one attached hydrogen (secondary N) is 1. The van der Waals surface area contributed by atoms with Gasteiger partial charge in [-0.15, -0.1) is 0 Å². The summed E-state index contributed by atoms with van der Waals surface area (Å²) in [5.74, 6) is -2.31. The molecule has 0 aromatic carbocycles. The summed E-state index contributed by atoms with van der Waals surface area (Å²) in [5.41, 5.74) is 0. The van der Waals surface area contributed by atoms with Crippen LogP contribution in [-0.2, 0) is 29.3 Å². The number of aliphatic carboxylic acids is 1. The Morgan fingerprint density at radius 1 is 1.31 bits per heavy atom. The molecule has 0 radical (unpaired) electrons. The van der Waals surface area contributed by atoms with Crippen molar-refractivity contribution < 1.29 is 32.6 Å². The van der Waals surface area contributed by atoms with E-state index in [-0.39, 0.29) is 50.6 Å². The maximum absolute atomic E-state index is 12.9. The topological polar surface area (TPSA) is 133 Å². The number of nitrogens with zero attached hydrogens (tertiary/aromatic N) is 2. The predicted octanol–water partition coefficient (Wildman–Crippen LogP) is -0.582. The Kier molecular flexibility index (Phi) is 8.44. The maximum Gasteiger partial charge on any atom is 0.321 e. The normalized spacial score (nSPS) is 17.7. The van der Waals surface area contributed by atoms with Gasteiger partial charge in [0.2, 0.25) is 5.91 Å². The van der Waals surface area contributed by atoms with Gasteiger partial charge in [0.1, 0.15) is 6.04 Å². The first-order valence-corrected chi connectivity index (χ1v) is 9.91. The monoisotopic (exact) mass is 393 g/mol. The molecule has 0 spiro atoms. The highest BCUT2D eigenvalue weighted by Gasteiger charge is 2.38. The van der Waals surface area contributed by atoms with Gasteiger partial charge < -0.3 is 15.2 Å². The molecule has 1 rings (SSSR count). The van der Waals surface area contributed by atoms with Crippen LogP contribution in [-0.4, -0.2) is 78.8 Å². The molecule has 1 atom stereocenters. The van der Waals surface area contributed by atoms with Crippen LogP contribution >= 0.6 is 0 Å².